The van der Waals surface area contributed by atoms with Crippen LogP contribution in [0.2, 0.25) is 0 Å². The fourth-order valence-electron chi connectivity index (χ4n) is 2.29. The van der Waals surface area contributed by atoms with Gasteiger partial charge in [-0.3, -0.25) is 0 Å². The molecule has 0 heterocycles. The van der Waals surface area contributed by atoms with Crippen LogP contribution in [0.3, 0.4) is 0 Å². The maximum Gasteiger partial charge on any atom is -0.0409 e. The second-order valence-electron chi connectivity index (χ2n) is 5.12. The summed E-state index contributed by atoms with van der Waals surface area (Å²) in [4.78, 5) is 0. The van der Waals surface area contributed by atoms with Crippen LogP contribution < -0.4 is 0 Å². The topological polar surface area (TPSA) is 0 Å². The van der Waals surface area contributed by atoms with E-state index in [0.717, 1.165) is 17.8 Å². The van der Waals surface area contributed by atoms with Gasteiger partial charge in [-0.25, -0.2) is 0 Å². The Hall–Kier alpha value is 0. The lowest BCUT2D eigenvalue weighted by molar-refractivity contribution is 0.194. The molecule has 0 aromatic carbocycles. The van der Waals surface area contributed by atoms with E-state index in [1.165, 1.54) is 38.5 Å². The summed E-state index contributed by atoms with van der Waals surface area (Å²) in [7, 11) is 0. The van der Waals surface area contributed by atoms with Crippen LogP contribution >= 0.6 is 0 Å². The van der Waals surface area contributed by atoms with Gasteiger partial charge in [0.15, 0.2) is 0 Å². The molecule has 0 heteroatoms. The van der Waals surface area contributed by atoms with E-state index in [-0.39, 0.29) is 0 Å². The van der Waals surface area contributed by atoms with Crippen molar-refractivity contribution in [3.05, 3.63) is 0 Å². The predicted molar refractivity (Wildman–Crippen MR) is 55.2 cm³/mol. The van der Waals surface area contributed by atoms with Crippen molar-refractivity contribution >= 4 is 0 Å². The molecule has 0 aromatic rings. The van der Waals surface area contributed by atoms with Gasteiger partial charge in [-0.2, -0.15) is 0 Å². The van der Waals surface area contributed by atoms with Crippen molar-refractivity contribution in [2.75, 3.05) is 0 Å². The quantitative estimate of drug-likeness (QED) is 0.538. The van der Waals surface area contributed by atoms with E-state index < -0.39 is 0 Å². The smallest absolute Gasteiger partial charge is 0.0409 e. The maximum absolute atomic E-state index is 2.38. The summed E-state index contributed by atoms with van der Waals surface area (Å²) in [6.07, 6.45) is 8.92. The monoisotopic (exact) mass is 168 g/mol. The normalized spacial score (nSPS) is 29.0. The van der Waals surface area contributed by atoms with Gasteiger partial charge in [-0.15, -0.1) is 0 Å². The number of unbranched alkanes of at least 4 members (excludes halogenated alkanes) is 1. The van der Waals surface area contributed by atoms with Gasteiger partial charge in [-0.05, 0) is 30.6 Å². The molecule has 1 fully saturated rings. The first-order valence-corrected chi connectivity index (χ1v) is 5.68. The van der Waals surface area contributed by atoms with E-state index in [1.54, 1.807) is 0 Å². The largest absolute Gasteiger partial charge is 0.0628 e. The molecule has 0 unspecified atom stereocenters. The number of hydrogen-bond donors (Lipinski definition) is 0. The fraction of sp³-hybridized carbons (Fsp3) is 1.00. The Kier molecular flexibility index (Phi) is 4.11. The Morgan fingerprint density at radius 3 is 2.33 bits per heavy atom. The van der Waals surface area contributed by atoms with Crippen LogP contribution in [0.4, 0.5) is 0 Å². The molecule has 0 radical (unpaired) electrons. The molecule has 0 nitrogen and oxygen atoms in total. The van der Waals surface area contributed by atoms with Gasteiger partial charge in [0, 0.05) is 0 Å². The Morgan fingerprint density at radius 1 is 1.17 bits per heavy atom. The third-order valence-electron chi connectivity index (χ3n) is 3.12. The Labute approximate surface area is 77.7 Å². The lowest BCUT2D eigenvalue weighted by Crippen LogP contribution is -2.20. The molecule has 1 aliphatic carbocycles. The molecule has 0 bridgehead atoms. The molecule has 0 amide bonds. The SMILES string of the molecule is CC(C)CCCCC1CC(C)C1. The summed E-state index contributed by atoms with van der Waals surface area (Å²) < 4.78 is 0. The van der Waals surface area contributed by atoms with Crippen molar-refractivity contribution in [1.82, 2.24) is 0 Å². The summed E-state index contributed by atoms with van der Waals surface area (Å²) in [6, 6.07) is 0. The van der Waals surface area contributed by atoms with E-state index in [0.29, 0.717) is 0 Å². The highest BCUT2D eigenvalue weighted by Gasteiger charge is 2.24. The predicted octanol–water partition coefficient (Wildman–Crippen LogP) is 4.25. The second-order valence-corrected chi connectivity index (χ2v) is 5.12. The van der Waals surface area contributed by atoms with Gasteiger partial charge in [-0.1, -0.05) is 46.5 Å². The van der Waals surface area contributed by atoms with Crippen LogP contribution in [0.15, 0.2) is 0 Å². The first-order chi connectivity index (χ1) is 5.68. The first kappa shape index (κ1) is 10.1. The van der Waals surface area contributed by atoms with Crippen LogP contribution in [0.5, 0.6) is 0 Å². The number of hydrogen-bond acceptors (Lipinski definition) is 0. The van der Waals surface area contributed by atoms with E-state index in [4.69, 9.17) is 0 Å². The molecule has 12 heavy (non-hydrogen) atoms. The van der Waals surface area contributed by atoms with Crippen molar-refractivity contribution in [2.45, 2.75) is 59.3 Å². The zero-order valence-electron chi connectivity index (χ0n) is 8.97. The summed E-state index contributed by atoms with van der Waals surface area (Å²) in [6.45, 7) is 7.03. The standard InChI is InChI=1S/C12H24/c1-10(2)6-4-5-7-12-8-11(3)9-12/h10-12H,4-9H2,1-3H3. The van der Waals surface area contributed by atoms with Gasteiger partial charge in [0.25, 0.3) is 0 Å². The van der Waals surface area contributed by atoms with Crippen LogP contribution in [0.25, 0.3) is 0 Å². The lowest BCUT2D eigenvalue weighted by atomic mass is 9.73. The molecular weight excluding hydrogens is 144 g/mol. The van der Waals surface area contributed by atoms with E-state index in [2.05, 4.69) is 20.8 Å². The van der Waals surface area contributed by atoms with Crippen molar-refractivity contribution in [2.24, 2.45) is 17.8 Å². The molecule has 1 saturated carbocycles. The molecule has 0 aromatic heterocycles. The van der Waals surface area contributed by atoms with Crippen molar-refractivity contribution in [3.63, 3.8) is 0 Å². The third-order valence-corrected chi connectivity index (χ3v) is 3.12. The third kappa shape index (κ3) is 3.60. The maximum atomic E-state index is 2.38. The van der Waals surface area contributed by atoms with Crippen molar-refractivity contribution in [1.29, 1.82) is 0 Å². The highest BCUT2D eigenvalue weighted by molar-refractivity contribution is 4.75. The van der Waals surface area contributed by atoms with Crippen LogP contribution in [0, 0.1) is 17.8 Å². The van der Waals surface area contributed by atoms with E-state index >= 15 is 0 Å². The average Bonchev–Trinajstić information content (AvgIpc) is 1.93. The zero-order chi connectivity index (χ0) is 8.97. The molecule has 0 aliphatic heterocycles. The van der Waals surface area contributed by atoms with Crippen LogP contribution in [-0.2, 0) is 0 Å². The first-order valence-electron chi connectivity index (χ1n) is 5.68. The van der Waals surface area contributed by atoms with Crippen molar-refractivity contribution in [3.8, 4) is 0 Å². The van der Waals surface area contributed by atoms with Gasteiger partial charge < -0.3 is 0 Å². The summed E-state index contributed by atoms with van der Waals surface area (Å²) in [5, 5.41) is 0. The molecular formula is C12H24. The minimum atomic E-state index is 0.908. The van der Waals surface area contributed by atoms with Gasteiger partial charge >= 0.3 is 0 Å². The van der Waals surface area contributed by atoms with Gasteiger partial charge in [0.2, 0.25) is 0 Å². The molecule has 0 spiro atoms. The summed E-state index contributed by atoms with van der Waals surface area (Å²) in [5.74, 6) is 3.05. The molecule has 1 aliphatic rings. The van der Waals surface area contributed by atoms with Gasteiger partial charge in [0.05, 0.1) is 0 Å². The van der Waals surface area contributed by atoms with Crippen LogP contribution in [0.1, 0.15) is 59.3 Å². The van der Waals surface area contributed by atoms with E-state index in [1.807, 2.05) is 0 Å². The highest BCUT2D eigenvalue weighted by Crippen LogP contribution is 2.36. The molecule has 0 saturated heterocycles. The Morgan fingerprint density at radius 2 is 1.83 bits per heavy atom. The molecule has 72 valence electrons. The molecule has 1 rings (SSSR count). The Balaban J connectivity index is 1.83. The highest BCUT2D eigenvalue weighted by atomic mass is 14.3. The van der Waals surface area contributed by atoms with Crippen molar-refractivity contribution < 1.29 is 0 Å². The Bertz CT molecular complexity index is 109. The fourth-order valence-corrected chi connectivity index (χ4v) is 2.29. The summed E-state index contributed by atoms with van der Waals surface area (Å²) >= 11 is 0. The minimum Gasteiger partial charge on any atom is -0.0628 e. The van der Waals surface area contributed by atoms with E-state index in [9.17, 15) is 0 Å². The average molecular weight is 168 g/mol. The zero-order valence-corrected chi connectivity index (χ0v) is 8.97. The van der Waals surface area contributed by atoms with Gasteiger partial charge in [0.1, 0.15) is 0 Å². The minimum absolute atomic E-state index is 0.908. The number of rotatable bonds is 5. The molecule has 0 atom stereocenters. The van der Waals surface area contributed by atoms with Crippen LogP contribution in [-0.4, -0.2) is 0 Å². The molecule has 0 N–H and O–H groups in total. The lowest BCUT2D eigenvalue weighted by Gasteiger charge is -2.32. The second kappa shape index (κ2) is 4.89. The summed E-state index contributed by atoms with van der Waals surface area (Å²) in [5.41, 5.74) is 0.